The van der Waals surface area contributed by atoms with Crippen molar-refractivity contribution in [3.8, 4) is 11.1 Å². The van der Waals surface area contributed by atoms with Crippen molar-refractivity contribution in [3.63, 3.8) is 0 Å². The van der Waals surface area contributed by atoms with Crippen molar-refractivity contribution in [2.75, 3.05) is 10.2 Å². The summed E-state index contributed by atoms with van der Waals surface area (Å²) in [6.45, 7) is 2.06. The normalized spacial score (nSPS) is 14.7. The van der Waals surface area contributed by atoms with Crippen molar-refractivity contribution in [3.05, 3.63) is 133 Å². The molecule has 1 aliphatic heterocycles. The largest absolute Gasteiger partial charge is 0.455 e. The van der Waals surface area contributed by atoms with E-state index in [-0.39, 0.29) is 6.17 Å². The van der Waals surface area contributed by atoms with E-state index in [4.69, 9.17) is 13.8 Å². The van der Waals surface area contributed by atoms with E-state index >= 15 is 0 Å². The summed E-state index contributed by atoms with van der Waals surface area (Å²) in [7, 11) is 0. The first-order valence-electron chi connectivity index (χ1n) is 14.2. The van der Waals surface area contributed by atoms with E-state index < -0.39 is 0 Å². The first kappa shape index (κ1) is 23.2. The second-order valence-corrected chi connectivity index (χ2v) is 10.9. The fourth-order valence-electron chi connectivity index (χ4n) is 6.37. The Morgan fingerprint density at radius 2 is 1.40 bits per heavy atom. The number of pyridine rings is 1. The number of aryl methyl sites for hydroxylation is 1. The number of para-hydroxylation sites is 4. The van der Waals surface area contributed by atoms with Crippen LogP contribution >= 0.6 is 0 Å². The van der Waals surface area contributed by atoms with Crippen molar-refractivity contribution in [2.24, 2.45) is 0 Å². The number of hydrogen-bond donors (Lipinski definition) is 1. The molecule has 0 spiro atoms. The Bertz CT molecular complexity index is 2300. The molecule has 8 aromatic rings. The van der Waals surface area contributed by atoms with E-state index in [0.29, 0.717) is 0 Å². The van der Waals surface area contributed by atoms with Crippen LogP contribution in [0.1, 0.15) is 17.4 Å². The highest BCUT2D eigenvalue weighted by Gasteiger charge is 2.32. The van der Waals surface area contributed by atoms with Gasteiger partial charge in [0, 0.05) is 33.6 Å². The standard InChI is InChI=1S/C37H25N3O2/c1-22-14-19-30(38-21-22)37-39-29-10-4-5-11-31(29)40(37)24-17-15-23(16-18-24)27-20-28-25-8-2-6-12-32(25)41-36(28)34-26-9-3-7-13-33(26)42-35(27)34/h2-21,37,39H,1H3. The molecule has 9 rings (SSSR count). The number of furan rings is 2. The molecule has 0 bridgehead atoms. The minimum atomic E-state index is -0.107. The molecule has 1 N–H and O–H groups in total. The third-order valence-electron chi connectivity index (χ3n) is 8.37. The van der Waals surface area contributed by atoms with Gasteiger partial charge in [0.2, 0.25) is 0 Å². The lowest BCUT2D eigenvalue weighted by Crippen LogP contribution is -2.24. The van der Waals surface area contributed by atoms with Gasteiger partial charge in [-0.05, 0) is 66.6 Å². The number of rotatable bonds is 3. The molecule has 4 heterocycles. The Morgan fingerprint density at radius 1 is 0.690 bits per heavy atom. The SMILES string of the molecule is Cc1ccc(C2Nc3ccccc3N2c2ccc(-c3cc4c5ccccc5oc4c4c3oc3ccccc34)cc2)nc1. The third-order valence-corrected chi connectivity index (χ3v) is 8.37. The molecule has 3 aromatic heterocycles. The van der Waals surface area contributed by atoms with Gasteiger partial charge in [0.15, 0.2) is 0 Å². The molecule has 1 atom stereocenters. The molecular weight excluding hydrogens is 518 g/mol. The van der Waals surface area contributed by atoms with Crippen molar-refractivity contribution >= 4 is 60.9 Å². The predicted molar refractivity (Wildman–Crippen MR) is 170 cm³/mol. The summed E-state index contributed by atoms with van der Waals surface area (Å²) in [5, 5.41) is 7.94. The van der Waals surface area contributed by atoms with Crippen LogP contribution in [0.25, 0.3) is 55.0 Å². The topological polar surface area (TPSA) is 54.4 Å². The summed E-state index contributed by atoms with van der Waals surface area (Å²) < 4.78 is 12.9. The summed E-state index contributed by atoms with van der Waals surface area (Å²) >= 11 is 0. The Labute approximate surface area is 241 Å². The van der Waals surface area contributed by atoms with Crippen LogP contribution in [0.15, 0.2) is 130 Å². The average Bonchev–Trinajstić information content (AvgIpc) is 3.72. The van der Waals surface area contributed by atoms with Crippen LogP contribution in [-0.2, 0) is 0 Å². The number of benzene rings is 5. The van der Waals surface area contributed by atoms with E-state index in [9.17, 15) is 0 Å². The molecule has 0 saturated heterocycles. The average molecular weight is 544 g/mol. The Kier molecular flexibility index (Phi) is 4.81. The summed E-state index contributed by atoms with van der Waals surface area (Å²) in [5.74, 6) is 0. The van der Waals surface area contributed by atoms with Gasteiger partial charge in [-0.25, -0.2) is 0 Å². The minimum absolute atomic E-state index is 0.107. The van der Waals surface area contributed by atoms with E-state index in [1.54, 1.807) is 0 Å². The summed E-state index contributed by atoms with van der Waals surface area (Å²) in [5.41, 5.74) is 11.0. The van der Waals surface area contributed by atoms with Gasteiger partial charge in [0.05, 0.1) is 22.5 Å². The molecule has 5 aromatic carbocycles. The number of nitrogens with zero attached hydrogens (tertiary/aromatic N) is 2. The van der Waals surface area contributed by atoms with Gasteiger partial charge >= 0.3 is 0 Å². The fourth-order valence-corrected chi connectivity index (χ4v) is 6.37. The van der Waals surface area contributed by atoms with Crippen LogP contribution in [0.5, 0.6) is 0 Å². The number of hydrogen-bond acceptors (Lipinski definition) is 5. The van der Waals surface area contributed by atoms with Crippen LogP contribution in [0, 0.1) is 6.92 Å². The molecule has 5 nitrogen and oxygen atoms in total. The van der Waals surface area contributed by atoms with Crippen LogP contribution in [0.3, 0.4) is 0 Å². The number of nitrogens with one attached hydrogen (secondary N) is 1. The Hall–Kier alpha value is -5.55. The van der Waals surface area contributed by atoms with Gasteiger partial charge in [-0.3, -0.25) is 4.98 Å². The summed E-state index contributed by atoms with van der Waals surface area (Å²) in [4.78, 5) is 7.08. The summed E-state index contributed by atoms with van der Waals surface area (Å²) in [6, 6.07) is 40.0. The monoisotopic (exact) mass is 543 g/mol. The molecule has 0 fully saturated rings. The van der Waals surface area contributed by atoms with Crippen molar-refractivity contribution in [1.82, 2.24) is 4.98 Å². The van der Waals surface area contributed by atoms with Crippen LogP contribution in [-0.4, -0.2) is 4.98 Å². The van der Waals surface area contributed by atoms with Gasteiger partial charge in [0.1, 0.15) is 28.5 Å². The van der Waals surface area contributed by atoms with Gasteiger partial charge in [-0.15, -0.1) is 0 Å². The molecule has 200 valence electrons. The lowest BCUT2D eigenvalue weighted by Gasteiger charge is -2.27. The van der Waals surface area contributed by atoms with E-state index in [1.807, 2.05) is 30.5 Å². The molecule has 0 radical (unpaired) electrons. The minimum Gasteiger partial charge on any atom is -0.455 e. The highest BCUT2D eigenvalue weighted by atomic mass is 16.3. The highest BCUT2D eigenvalue weighted by molar-refractivity contribution is 6.25. The predicted octanol–water partition coefficient (Wildman–Crippen LogP) is 10.1. The molecule has 1 aliphatic rings. The molecule has 0 aliphatic carbocycles. The molecule has 5 heteroatoms. The highest BCUT2D eigenvalue weighted by Crippen LogP contribution is 2.47. The number of fused-ring (bicyclic) bond motifs is 8. The molecule has 0 saturated carbocycles. The lowest BCUT2D eigenvalue weighted by atomic mass is 9.98. The fraction of sp³-hybridized carbons (Fsp3) is 0.0541. The maximum absolute atomic E-state index is 6.51. The van der Waals surface area contributed by atoms with Crippen molar-refractivity contribution < 1.29 is 8.83 Å². The quantitative estimate of drug-likeness (QED) is 0.240. The second-order valence-electron chi connectivity index (χ2n) is 10.9. The van der Waals surface area contributed by atoms with Crippen LogP contribution < -0.4 is 10.2 Å². The van der Waals surface area contributed by atoms with E-state index in [1.165, 1.54) is 0 Å². The number of anilines is 3. The maximum atomic E-state index is 6.51. The Balaban J connectivity index is 1.22. The number of aromatic nitrogens is 1. The lowest BCUT2D eigenvalue weighted by molar-refractivity contribution is 0.663. The first-order valence-corrected chi connectivity index (χ1v) is 14.2. The van der Waals surface area contributed by atoms with E-state index in [0.717, 1.165) is 83.3 Å². The smallest absolute Gasteiger partial charge is 0.147 e. The molecular formula is C37H25N3O2. The van der Waals surface area contributed by atoms with Crippen LogP contribution in [0.4, 0.5) is 17.1 Å². The zero-order chi connectivity index (χ0) is 27.8. The van der Waals surface area contributed by atoms with Crippen molar-refractivity contribution in [1.29, 1.82) is 0 Å². The summed E-state index contributed by atoms with van der Waals surface area (Å²) in [6.07, 6.45) is 1.82. The van der Waals surface area contributed by atoms with Gasteiger partial charge < -0.3 is 19.1 Å². The van der Waals surface area contributed by atoms with Gasteiger partial charge in [0.25, 0.3) is 0 Å². The zero-order valence-corrected chi connectivity index (χ0v) is 22.8. The molecule has 42 heavy (non-hydrogen) atoms. The molecule has 1 unspecified atom stereocenters. The Morgan fingerprint density at radius 3 is 2.21 bits per heavy atom. The third kappa shape index (κ3) is 3.34. The maximum Gasteiger partial charge on any atom is 0.147 e. The second kappa shape index (κ2) is 8.72. The molecule has 0 amide bonds. The van der Waals surface area contributed by atoms with Crippen molar-refractivity contribution in [2.45, 2.75) is 13.1 Å². The first-order chi connectivity index (χ1) is 20.7. The van der Waals surface area contributed by atoms with Crippen LogP contribution in [0.2, 0.25) is 0 Å². The van der Waals surface area contributed by atoms with E-state index in [2.05, 4.69) is 108 Å². The van der Waals surface area contributed by atoms with Gasteiger partial charge in [-0.2, -0.15) is 0 Å². The zero-order valence-electron chi connectivity index (χ0n) is 22.8. The van der Waals surface area contributed by atoms with Gasteiger partial charge in [-0.1, -0.05) is 66.7 Å².